The summed E-state index contributed by atoms with van der Waals surface area (Å²) in [4.78, 5) is 14.1. The molecule has 0 N–H and O–H groups in total. The van der Waals surface area contributed by atoms with Crippen molar-refractivity contribution in [2.45, 2.75) is 18.9 Å². The van der Waals surface area contributed by atoms with E-state index in [0.29, 0.717) is 23.8 Å². The molecule has 0 radical (unpaired) electrons. The fourth-order valence-corrected chi connectivity index (χ4v) is 2.70. The van der Waals surface area contributed by atoms with Gasteiger partial charge < -0.3 is 9.64 Å². The Bertz CT molecular complexity index is 646. The van der Waals surface area contributed by atoms with Crippen molar-refractivity contribution in [1.29, 1.82) is 0 Å². The highest BCUT2D eigenvalue weighted by Gasteiger charge is 2.25. The molecule has 1 aromatic heterocycles. The normalized spacial score (nSPS) is 15.8. The van der Waals surface area contributed by atoms with E-state index >= 15 is 0 Å². The Morgan fingerprint density at radius 3 is 2.50 bits per heavy atom. The lowest BCUT2D eigenvalue weighted by Crippen LogP contribution is -2.42. The fourth-order valence-electron chi connectivity index (χ4n) is 2.57. The molecule has 1 aliphatic heterocycles. The first-order valence-corrected chi connectivity index (χ1v) is 7.71. The number of hydrogen-bond acceptors (Lipinski definition) is 3. The van der Waals surface area contributed by atoms with Crippen LogP contribution in [0.25, 0.3) is 0 Å². The number of aromatic nitrogens is 2. The van der Waals surface area contributed by atoms with E-state index in [9.17, 15) is 4.79 Å². The van der Waals surface area contributed by atoms with Crippen molar-refractivity contribution in [3.63, 3.8) is 0 Å². The van der Waals surface area contributed by atoms with Crippen molar-refractivity contribution in [2.24, 2.45) is 7.05 Å². The molecule has 0 atom stereocenters. The molecule has 116 valence electrons. The number of nitrogens with zero attached hydrogens (tertiary/aromatic N) is 3. The van der Waals surface area contributed by atoms with Crippen LogP contribution in [-0.2, 0) is 7.05 Å². The number of piperidine rings is 1. The zero-order valence-corrected chi connectivity index (χ0v) is 13.2. The molecule has 0 bridgehead atoms. The Morgan fingerprint density at radius 2 is 1.91 bits per heavy atom. The van der Waals surface area contributed by atoms with Crippen LogP contribution in [0.15, 0.2) is 36.5 Å². The second-order valence-electron chi connectivity index (χ2n) is 5.44. The topological polar surface area (TPSA) is 47.4 Å². The molecule has 3 rings (SSSR count). The quantitative estimate of drug-likeness (QED) is 0.874. The lowest BCUT2D eigenvalue weighted by molar-refractivity contribution is 0.0589. The predicted octanol–water partition coefficient (Wildman–Crippen LogP) is 2.76. The monoisotopic (exact) mass is 319 g/mol. The first-order chi connectivity index (χ1) is 10.6. The first-order valence-electron chi connectivity index (χ1n) is 7.33. The number of rotatable bonds is 3. The third-order valence-corrected chi connectivity index (χ3v) is 4.03. The van der Waals surface area contributed by atoms with Gasteiger partial charge in [0.25, 0.3) is 5.91 Å². The van der Waals surface area contributed by atoms with Crippen LogP contribution in [0.4, 0.5) is 0 Å². The lowest BCUT2D eigenvalue weighted by atomic mass is 10.1. The van der Waals surface area contributed by atoms with Gasteiger partial charge in [-0.05, 0) is 30.3 Å². The van der Waals surface area contributed by atoms with Gasteiger partial charge in [-0.1, -0.05) is 11.6 Å². The molecule has 5 nitrogen and oxygen atoms in total. The highest BCUT2D eigenvalue weighted by molar-refractivity contribution is 6.30. The molecule has 1 amide bonds. The first kappa shape index (κ1) is 14.9. The summed E-state index contributed by atoms with van der Waals surface area (Å²) >= 11 is 5.86. The van der Waals surface area contributed by atoms with Crippen LogP contribution >= 0.6 is 11.6 Å². The summed E-state index contributed by atoms with van der Waals surface area (Å²) in [6, 6.07) is 9.12. The molecular formula is C16H18ClN3O2. The summed E-state index contributed by atoms with van der Waals surface area (Å²) in [5.74, 6) is 0.810. The second kappa shape index (κ2) is 6.40. The number of halogens is 1. The number of aryl methyl sites for hydroxylation is 1. The molecule has 1 fully saturated rings. The maximum Gasteiger partial charge on any atom is 0.274 e. The second-order valence-corrected chi connectivity index (χ2v) is 5.87. The molecular weight excluding hydrogens is 302 g/mol. The van der Waals surface area contributed by atoms with Crippen LogP contribution in [0.5, 0.6) is 5.75 Å². The van der Waals surface area contributed by atoms with E-state index in [-0.39, 0.29) is 12.0 Å². The van der Waals surface area contributed by atoms with Crippen LogP contribution in [0.3, 0.4) is 0 Å². The minimum Gasteiger partial charge on any atom is -0.490 e. The maximum atomic E-state index is 12.3. The Labute approximate surface area is 134 Å². The molecule has 1 aliphatic rings. The summed E-state index contributed by atoms with van der Waals surface area (Å²) in [6.45, 7) is 1.38. The molecule has 0 spiro atoms. The van der Waals surface area contributed by atoms with Crippen molar-refractivity contribution in [3.05, 3.63) is 47.2 Å². The summed E-state index contributed by atoms with van der Waals surface area (Å²) in [6.07, 6.45) is 3.56. The van der Waals surface area contributed by atoms with Gasteiger partial charge in [-0.25, -0.2) is 0 Å². The van der Waals surface area contributed by atoms with Crippen LogP contribution in [0, 0.1) is 0 Å². The average Bonchev–Trinajstić information content (AvgIpc) is 2.96. The smallest absolute Gasteiger partial charge is 0.274 e. The Kier molecular flexibility index (Phi) is 4.34. The van der Waals surface area contributed by atoms with Gasteiger partial charge in [0.1, 0.15) is 17.5 Å². The minimum absolute atomic E-state index is 0.00876. The van der Waals surface area contributed by atoms with Gasteiger partial charge in [0.05, 0.1) is 0 Å². The lowest BCUT2D eigenvalue weighted by Gasteiger charge is -2.31. The minimum atomic E-state index is -0.00876. The molecule has 6 heteroatoms. The van der Waals surface area contributed by atoms with Gasteiger partial charge in [-0.2, -0.15) is 5.10 Å². The molecule has 0 unspecified atom stereocenters. The van der Waals surface area contributed by atoms with E-state index in [0.717, 1.165) is 18.6 Å². The van der Waals surface area contributed by atoms with Gasteiger partial charge in [0.2, 0.25) is 0 Å². The largest absolute Gasteiger partial charge is 0.490 e. The number of likely N-dealkylation sites (tertiary alicyclic amines) is 1. The zero-order valence-electron chi connectivity index (χ0n) is 12.4. The van der Waals surface area contributed by atoms with Crippen LogP contribution in [0.1, 0.15) is 23.3 Å². The molecule has 0 saturated carbocycles. The predicted molar refractivity (Wildman–Crippen MR) is 84.2 cm³/mol. The molecule has 1 saturated heterocycles. The molecule has 1 aromatic carbocycles. The zero-order chi connectivity index (χ0) is 15.5. The number of amides is 1. The third kappa shape index (κ3) is 3.42. The Balaban J connectivity index is 1.54. The van der Waals surface area contributed by atoms with Gasteiger partial charge in [-0.15, -0.1) is 0 Å². The van der Waals surface area contributed by atoms with Crippen molar-refractivity contribution in [3.8, 4) is 5.75 Å². The Morgan fingerprint density at radius 1 is 1.23 bits per heavy atom. The van der Waals surface area contributed by atoms with Crippen molar-refractivity contribution >= 4 is 17.5 Å². The fraction of sp³-hybridized carbons (Fsp3) is 0.375. The number of ether oxygens (including phenoxy) is 1. The standard InChI is InChI=1S/C16H18ClN3O2/c1-19-9-8-15(18-19)16(21)20-10-6-14(7-11-20)22-13-4-2-12(17)3-5-13/h2-5,8-9,14H,6-7,10-11H2,1H3. The highest BCUT2D eigenvalue weighted by Crippen LogP contribution is 2.21. The molecule has 22 heavy (non-hydrogen) atoms. The summed E-state index contributed by atoms with van der Waals surface area (Å²) in [7, 11) is 1.81. The summed E-state index contributed by atoms with van der Waals surface area (Å²) in [5.41, 5.74) is 0.500. The van der Waals surface area contributed by atoms with Gasteiger partial charge >= 0.3 is 0 Å². The van der Waals surface area contributed by atoms with E-state index in [2.05, 4.69) is 5.10 Å². The highest BCUT2D eigenvalue weighted by atomic mass is 35.5. The molecule has 2 heterocycles. The van der Waals surface area contributed by atoms with Crippen LogP contribution in [0.2, 0.25) is 5.02 Å². The van der Waals surface area contributed by atoms with Crippen molar-refractivity contribution in [2.75, 3.05) is 13.1 Å². The SMILES string of the molecule is Cn1ccc(C(=O)N2CCC(Oc3ccc(Cl)cc3)CC2)n1. The van der Waals surface area contributed by atoms with E-state index < -0.39 is 0 Å². The number of benzene rings is 1. The van der Waals surface area contributed by atoms with E-state index in [1.807, 2.05) is 36.2 Å². The number of carbonyl (C=O) groups excluding carboxylic acids is 1. The Hall–Kier alpha value is -2.01. The van der Waals surface area contributed by atoms with E-state index in [4.69, 9.17) is 16.3 Å². The number of hydrogen-bond donors (Lipinski definition) is 0. The van der Waals surface area contributed by atoms with Crippen molar-refractivity contribution in [1.82, 2.24) is 14.7 Å². The summed E-state index contributed by atoms with van der Waals surface area (Å²) < 4.78 is 7.57. The van der Waals surface area contributed by atoms with E-state index in [1.54, 1.807) is 16.9 Å². The van der Waals surface area contributed by atoms with Crippen LogP contribution in [-0.4, -0.2) is 39.8 Å². The van der Waals surface area contributed by atoms with Gasteiger partial charge in [-0.3, -0.25) is 9.48 Å². The third-order valence-electron chi connectivity index (χ3n) is 3.78. The van der Waals surface area contributed by atoms with Gasteiger partial charge in [0, 0.05) is 44.2 Å². The molecule has 0 aliphatic carbocycles. The van der Waals surface area contributed by atoms with Crippen molar-refractivity contribution < 1.29 is 9.53 Å². The number of carbonyl (C=O) groups is 1. The van der Waals surface area contributed by atoms with Crippen LogP contribution < -0.4 is 4.74 Å². The molecule has 2 aromatic rings. The van der Waals surface area contributed by atoms with Gasteiger partial charge in [0.15, 0.2) is 0 Å². The summed E-state index contributed by atoms with van der Waals surface area (Å²) in [5, 5.41) is 4.86. The average molecular weight is 320 g/mol. The maximum absolute atomic E-state index is 12.3. The van der Waals surface area contributed by atoms with E-state index in [1.165, 1.54) is 0 Å².